The second-order valence-electron chi connectivity index (χ2n) is 4.52. The van der Waals surface area contributed by atoms with Gasteiger partial charge in [-0.3, -0.25) is 9.11 Å². The molecule has 0 aliphatic heterocycles. The molecule has 106 valence electrons. The van der Waals surface area contributed by atoms with Gasteiger partial charge in [0.25, 0.3) is 0 Å². The first-order valence-corrected chi connectivity index (χ1v) is 10.1. The van der Waals surface area contributed by atoms with E-state index in [1.807, 2.05) is 0 Å². The molecular formula is C11H21O5PS. The molecule has 1 rings (SSSR count). The molecule has 1 aromatic carbocycles. The van der Waals surface area contributed by atoms with E-state index in [4.69, 9.17) is 22.6 Å². The topological polar surface area (TPSA) is 94.8 Å². The third kappa shape index (κ3) is 9.50. The molecule has 0 saturated heterocycles. The molecule has 0 aliphatic rings. The van der Waals surface area contributed by atoms with E-state index in [2.05, 4.69) is 43.7 Å². The molecule has 0 fully saturated rings. The zero-order chi connectivity index (χ0) is 14.2. The molecule has 0 aliphatic carbocycles. The molecule has 0 spiro atoms. The van der Waals surface area contributed by atoms with Crippen LogP contribution in [0.25, 0.3) is 0 Å². The van der Waals surface area contributed by atoms with Gasteiger partial charge in [0, 0.05) is 0 Å². The predicted molar refractivity (Wildman–Crippen MR) is 77.0 cm³/mol. The molecule has 0 unspecified atom stereocenters. The summed E-state index contributed by atoms with van der Waals surface area (Å²) in [7, 11) is -5.93. The Morgan fingerprint density at radius 2 is 1.56 bits per heavy atom. The van der Waals surface area contributed by atoms with Crippen molar-refractivity contribution in [3.05, 3.63) is 30.3 Å². The average Bonchev–Trinajstić information content (AvgIpc) is 2.25. The summed E-state index contributed by atoms with van der Waals surface area (Å²) in [6, 6.07) is 10.7. The molecule has 18 heavy (non-hydrogen) atoms. The third-order valence-corrected chi connectivity index (χ3v) is 6.01. The van der Waals surface area contributed by atoms with E-state index < -0.39 is 17.7 Å². The number of aliphatic hydroxyl groups excluding tert-OH is 1. The van der Waals surface area contributed by atoms with E-state index in [9.17, 15) is 0 Å². The Balaban J connectivity index is 0.000000494. The van der Waals surface area contributed by atoms with Crippen LogP contribution in [0.1, 0.15) is 6.42 Å². The molecule has 0 amide bonds. The summed E-state index contributed by atoms with van der Waals surface area (Å²) in [5.41, 5.74) is 0. The summed E-state index contributed by atoms with van der Waals surface area (Å²) < 4.78 is 31.6. The molecule has 0 saturated carbocycles. The Bertz CT molecular complexity index is 422. The number of hydrogen-bond donors (Lipinski definition) is 3. The molecule has 5 nitrogen and oxygen atoms in total. The summed E-state index contributed by atoms with van der Waals surface area (Å²) in [5, 5.41) is 10.3. The zero-order valence-corrected chi connectivity index (χ0v) is 12.4. The van der Waals surface area contributed by atoms with Gasteiger partial charge >= 0.3 is 90.9 Å². The number of benzene rings is 1. The van der Waals surface area contributed by atoms with Crippen molar-refractivity contribution in [1.82, 2.24) is 0 Å². The Morgan fingerprint density at radius 3 is 1.94 bits per heavy atom. The monoisotopic (exact) mass is 296 g/mol. The molecule has 0 heterocycles. The van der Waals surface area contributed by atoms with E-state index >= 15 is 0 Å². The van der Waals surface area contributed by atoms with Crippen molar-refractivity contribution in [2.45, 2.75) is 6.42 Å². The van der Waals surface area contributed by atoms with Gasteiger partial charge in [-0.25, -0.2) is 0 Å². The van der Waals surface area contributed by atoms with Gasteiger partial charge in [0.05, 0.1) is 0 Å². The van der Waals surface area contributed by atoms with Crippen LogP contribution in [0.4, 0.5) is 0 Å². The molecule has 7 heteroatoms. The first-order chi connectivity index (χ1) is 8.17. The molecule has 0 aromatic heterocycles. The van der Waals surface area contributed by atoms with Crippen LogP contribution >= 0.6 is 7.26 Å². The second kappa shape index (κ2) is 7.81. The van der Waals surface area contributed by atoms with Gasteiger partial charge in [-0.15, -0.1) is 0 Å². The normalized spacial score (nSPS) is 12.5. The average molecular weight is 296 g/mol. The molecule has 0 atom stereocenters. The van der Waals surface area contributed by atoms with Crippen molar-refractivity contribution in [3.63, 3.8) is 0 Å². The van der Waals surface area contributed by atoms with E-state index in [0.717, 1.165) is 6.42 Å². The van der Waals surface area contributed by atoms with Gasteiger partial charge in [0.15, 0.2) is 0 Å². The molecule has 3 N–H and O–H groups in total. The van der Waals surface area contributed by atoms with E-state index in [1.165, 1.54) is 11.5 Å². The number of rotatable bonds is 4. The minimum atomic E-state index is -4.67. The SMILES string of the molecule is C[PH](C)(CCCO)c1ccccc1.O=S(=O)(O)O. The van der Waals surface area contributed by atoms with Crippen molar-refractivity contribution in [3.8, 4) is 0 Å². The maximum atomic E-state index is 8.80. The minimum absolute atomic E-state index is 0.323. The summed E-state index contributed by atoms with van der Waals surface area (Å²) >= 11 is 0. The van der Waals surface area contributed by atoms with Crippen LogP contribution in [0.3, 0.4) is 0 Å². The van der Waals surface area contributed by atoms with Crippen LogP contribution in [0.5, 0.6) is 0 Å². The molecule has 0 radical (unpaired) electrons. The Labute approximate surface area is 109 Å². The molecule has 0 bridgehead atoms. The van der Waals surface area contributed by atoms with Crippen molar-refractivity contribution < 1.29 is 22.6 Å². The van der Waals surface area contributed by atoms with Crippen LogP contribution in [0.15, 0.2) is 30.3 Å². The van der Waals surface area contributed by atoms with Crippen LogP contribution in [-0.4, -0.2) is 48.7 Å². The molecule has 1 aromatic rings. The zero-order valence-electron chi connectivity index (χ0n) is 10.6. The fraction of sp³-hybridized carbons (Fsp3) is 0.455. The van der Waals surface area contributed by atoms with Gasteiger partial charge in [-0.2, -0.15) is 8.42 Å². The Morgan fingerprint density at radius 1 is 1.11 bits per heavy atom. The van der Waals surface area contributed by atoms with Gasteiger partial charge < -0.3 is 0 Å². The number of aliphatic hydroxyl groups is 1. The number of hydrogen-bond acceptors (Lipinski definition) is 3. The summed E-state index contributed by atoms with van der Waals surface area (Å²) in [4.78, 5) is 0. The molecular weight excluding hydrogens is 275 g/mol. The van der Waals surface area contributed by atoms with Gasteiger partial charge in [0.2, 0.25) is 0 Å². The first kappa shape index (κ1) is 17.5. The van der Waals surface area contributed by atoms with E-state index in [0.29, 0.717) is 6.61 Å². The van der Waals surface area contributed by atoms with Gasteiger partial charge in [-0.1, -0.05) is 0 Å². The quantitative estimate of drug-likeness (QED) is 0.570. The maximum absolute atomic E-state index is 8.80. The van der Waals surface area contributed by atoms with Gasteiger partial charge in [0.1, 0.15) is 0 Å². The summed E-state index contributed by atoms with van der Waals surface area (Å²) in [6.45, 7) is 5.04. The summed E-state index contributed by atoms with van der Waals surface area (Å²) in [5.74, 6) is 0. The largest absolute Gasteiger partial charge is 0.394 e. The summed E-state index contributed by atoms with van der Waals surface area (Å²) in [6.07, 6.45) is 2.11. The van der Waals surface area contributed by atoms with Gasteiger partial charge in [-0.05, 0) is 0 Å². The fourth-order valence-electron chi connectivity index (χ4n) is 1.55. The standard InChI is InChI=1S/C11H19OP.H2O4S/c1-13(2,10-6-9-12)11-7-4-3-5-8-11;1-5(2,3)4/h3-5,7-8,12-13H,6,9-10H2,1-2H3;(H2,1,2,3,4). The smallest absolute Gasteiger partial charge is 0.264 e. The van der Waals surface area contributed by atoms with E-state index in [-0.39, 0.29) is 0 Å². The Kier molecular flexibility index (Phi) is 7.59. The van der Waals surface area contributed by atoms with E-state index in [1.54, 1.807) is 0 Å². The minimum Gasteiger partial charge on any atom is -0.264 e. The fourth-order valence-corrected chi connectivity index (χ4v) is 3.98. The van der Waals surface area contributed by atoms with Crippen LogP contribution < -0.4 is 5.30 Å². The van der Waals surface area contributed by atoms with Crippen LogP contribution in [0, 0.1) is 0 Å². The van der Waals surface area contributed by atoms with Crippen LogP contribution in [-0.2, 0) is 10.4 Å². The second-order valence-corrected chi connectivity index (χ2v) is 10.3. The van der Waals surface area contributed by atoms with Crippen molar-refractivity contribution in [2.24, 2.45) is 0 Å². The van der Waals surface area contributed by atoms with Crippen molar-refractivity contribution in [1.29, 1.82) is 0 Å². The maximum Gasteiger partial charge on any atom is 0.394 e. The third-order valence-electron chi connectivity index (χ3n) is 2.52. The predicted octanol–water partition coefficient (Wildman–Crippen LogP) is 1.05. The Hall–Kier alpha value is -0.520. The van der Waals surface area contributed by atoms with Crippen molar-refractivity contribution in [2.75, 3.05) is 26.1 Å². The van der Waals surface area contributed by atoms with Crippen molar-refractivity contribution >= 4 is 23.0 Å². The van der Waals surface area contributed by atoms with Crippen LogP contribution in [0.2, 0.25) is 0 Å². The first-order valence-electron chi connectivity index (χ1n) is 5.53.